The third-order valence-corrected chi connectivity index (χ3v) is 6.74. The summed E-state index contributed by atoms with van der Waals surface area (Å²) in [6.07, 6.45) is 12.5. The van der Waals surface area contributed by atoms with Gasteiger partial charge in [0.1, 0.15) is 5.82 Å². The van der Waals surface area contributed by atoms with Gasteiger partial charge >= 0.3 is 0 Å². The number of halogens is 1. The maximum Gasteiger partial charge on any atom is 0.167 e. The SMILES string of the molecule is Cc1c(-c2cc3c(cc2F)CC(=O)/C3=C\C2=Cc3ccncc3C2)cnc2c1NCCC2. The van der Waals surface area contributed by atoms with Crippen LogP contribution in [0.4, 0.5) is 10.1 Å². The molecule has 1 aliphatic heterocycles. The number of Topliss-reactive ketones (excluding diaryl/α,β-unsaturated/α-hetero) is 1. The minimum absolute atomic E-state index is 0.0356. The minimum atomic E-state index is -0.308. The highest BCUT2D eigenvalue weighted by atomic mass is 19.1. The molecule has 0 saturated heterocycles. The quantitative estimate of drug-likeness (QED) is 0.583. The van der Waals surface area contributed by atoms with Crippen LogP contribution in [0.3, 0.4) is 0 Å². The number of hydrogen-bond acceptors (Lipinski definition) is 4. The van der Waals surface area contributed by atoms with Gasteiger partial charge in [-0.15, -0.1) is 0 Å². The molecule has 3 aliphatic rings. The number of anilines is 1. The summed E-state index contributed by atoms with van der Waals surface area (Å²) in [5, 5.41) is 3.42. The summed E-state index contributed by atoms with van der Waals surface area (Å²) < 4.78 is 15.2. The van der Waals surface area contributed by atoms with Crippen molar-refractivity contribution in [1.29, 1.82) is 0 Å². The van der Waals surface area contributed by atoms with E-state index in [0.29, 0.717) is 11.1 Å². The van der Waals surface area contributed by atoms with Gasteiger partial charge in [-0.2, -0.15) is 0 Å². The average molecular weight is 423 g/mol. The molecule has 0 spiro atoms. The van der Waals surface area contributed by atoms with Crippen molar-refractivity contribution >= 4 is 23.1 Å². The molecule has 6 rings (SSSR count). The number of ketones is 1. The van der Waals surface area contributed by atoms with Crippen LogP contribution < -0.4 is 5.32 Å². The summed E-state index contributed by atoms with van der Waals surface area (Å²) in [5.41, 5.74) is 9.95. The molecule has 0 bridgehead atoms. The van der Waals surface area contributed by atoms with Crippen LogP contribution in [0, 0.1) is 12.7 Å². The first-order valence-electron chi connectivity index (χ1n) is 11.0. The van der Waals surface area contributed by atoms with Crippen LogP contribution in [0.1, 0.15) is 39.9 Å². The Balaban J connectivity index is 1.44. The van der Waals surface area contributed by atoms with E-state index in [4.69, 9.17) is 0 Å². The largest absolute Gasteiger partial charge is 0.383 e. The van der Waals surface area contributed by atoms with E-state index < -0.39 is 0 Å². The van der Waals surface area contributed by atoms with Gasteiger partial charge in [-0.25, -0.2) is 4.39 Å². The minimum Gasteiger partial charge on any atom is -0.383 e. The second-order valence-corrected chi connectivity index (χ2v) is 8.77. The average Bonchev–Trinajstić information content (AvgIpc) is 3.34. The Bertz CT molecular complexity index is 1370. The molecule has 1 aromatic carbocycles. The van der Waals surface area contributed by atoms with Crippen molar-refractivity contribution in [3.8, 4) is 11.1 Å². The van der Waals surface area contributed by atoms with Crippen molar-refractivity contribution < 1.29 is 9.18 Å². The molecule has 4 nitrogen and oxygen atoms in total. The first-order chi connectivity index (χ1) is 15.6. The number of nitrogens with zero attached hydrogens (tertiary/aromatic N) is 2. The molecule has 0 unspecified atom stereocenters. The van der Waals surface area contributed by atoms with Crippen LogP contribution in [0.15, 0.2) is 48.4 Å². The Labute approximate surface area is 185 Å². The lowest BCUT2D eigenvalue weighted by Crippen LogP contribution is -2.15. The lowest BCUT2D eigenvalue weighted by Gasteiger charge is -2.21. The van der Waals surface area contributed by atoms with Gasteiger partial charge in [-0.1, -0.05) is 6.08 Å². The first kappa shape index (κ1) is 19.1. The summed E-state index contributed by atoms with van der Waals surface area (Å²) in [7, 11) is 0. The number of carbonyl (C=O) groups excluding carboxylic acids is 1. The molecule has 3 heterocycles. The zero-order valence-corrected chi connectivity index (χ0v) is 17.8. The summed E-state index contributed by atoms with van der Waals surface area (Å²) in [5.74, 6) is -0.273. The van der Waals surface area contributed by atoms with Crippen molar-refractivity contribution in [1.82, 2.24) is 9.97 Å². The number of carbonyl (C=O) groups is 1. The molecule has 0 radical (unpaired) electrons. The van der Waals surface area contributed by atoms with Crippen molar-refractivity contribution in [2.24, 2.45) is 0 Å². The van der Waals surface area contributed by atoms with E-state index >= 15 is 4.39 Å². The van der Waals surface area contributed by atoms with Crippen LogP contribution >= 0.6 is 0 Å². The van der Waals surface area contributed by atoms with Crippen LogP contribution in [0.5, 0.6) is 0 Å². The molecule has 2 aliphatic carbocycles. The van der Waals surface area contributed by atoms with Crippen molar-refractivity contribution in [3.63, 3.8) is 0 Å². The van der Waals surface area contributed by atoms with Gasteiger partial charge in [-0.05, 0) is 83.9 Å². The number of rotatable bonds is 2. The van der Waals surface area contributed by atoms with Crippen LogP contribution in [0.2, 0.25) is 0 Å². The maximum atomic E-state index is 15.2. The molecule has 2 aromatic heterocycles. The first-order valence-corrected chi connectivity index (χ1v) is 11.0. The molecule has 3 aromatic rings. The number of hydrogen-bond donors (Lipinski definition) is 1. The van der Waals surface area contributed by atoms with E-state index in [1.165, 1.54) is 6.07 Å². The summed E-state index contributed by atoms with van der Waals surface area (Å²) in [4.78, 5) is 21.7. The van der Waals surface area contributed by atoms with Gasteiger partial charge in [-0.3, -0.25) is 14.8 Å². The fourth-order valence-electron chi connectivity index (χ4n) is 5.09. The van der Waals surface area contributed by atoms with E-state index in [9.17, 15) is 4.79 Å². The van der Waals surface area contributed by atoms with E-state index in [-0.39, 0.29) is 18.0 Å². The molecular formula is C27H22FN3O. The third-order valence-electron chi connectivity index (χ3n) is 6.74. The molecule has 0 fully saturated rings. The smallest absolute Gasteiger partial charge is 0.167 e. The van der Waals surface area contributed by atoms with Crippen LogP contribution in [0.25, 0.3) is 22.8 Å². The highest BCUT2D eigenvalue weighted by molar-refractivity contribution is 6.26. The number of aryl methyl sites for hydroxylation is 1. The molecule has 1 N–H and O–H groups in total. The molecule has 32 heavy (non-hydrogen) atoms. The molecule has 0 atom stereocenters. The van der Waals surface area contributed by atoms with Gasteiger partial charge in [0.2, 0.25) is 0 Å². The topological polar surface area (TPSA) is 54.9 Å². The summed E-state index contributed by atoms with van der Waals surface area (Å²) >= 11 is 0. The van der Waals surface area contributed by atoms with Gasteiger partial charge in [0, 0.05) is 48.3 Å². The highest BCUT2D eigenvalue weighted by Crippen LogP contribution is 2.39. The number of aromatic nitrogens is 2. The lowest BCUT2D eigenvalue weighted by molar-refractivity contribution is -0.112. The predicted octanol–water partition coefficient (Wildman–Crippen LogP) is 5.10. The van der Waals surface area contributed by atoms with Crippen molar-refractivity contribution in [2.45, 2.75) is 32.6 Å². The standard InChI is InChI=1S/C27H22FN3O/c1-15-23(14-31-25-3-2-5-30-27(15)25)21-12-20-18(10-24(21)28)11-26(32)22(20)9-16-7-17-4-6-29-13-19(17)8-16/h4,6-7,9-10,12-14,30H,2-3,5,8,11H2,1H3/b22-9-. The van der Waals surface area contributed by atoms with Crippen molar-refractivity contribution in [2.75, 3.05) is 11.9 Å². The number of nitrogens with one attached hydrogen (secondary N) is 1. The van der Waals surface area contributed by atoms with E-state index in [1.807, 2.05) is 31.3 Å². The third kappa shape index (κ3) is 3.00. The maximum absolute atomic E-state index is 15.2. The van der Waals surface area contributed by atoms with Crippen molar-refractivity contribution in [3.05, 3.63) is 87.8 Å². The zero-order chi connectivity index (χ0) is 21.8. The zero-order valence-electron chi connectivity index (χ0n) is 17.8. The number of allylic oxidation sites excluding steroid dienone is 3. The second-order valence-electron chi connectivity index (χ2n) is 8.77. The fourth-order valence-corrected chi connectivity index (χ4v) is 5.09. The van der Waals surface area contributed by atoms with E-state index in [2.05, 4.69) is 21.4 Å². The monoisotopic (exact) mass is 423 g/mol. The Kier molecular flexibility index (Phi) is 4.32. The van der Waals surface area contributed by atoms with Gasteiger partial charge in [0.15, 0.2) is 5.78 Å². The predicted molar refractivity (Wildman–Crippen MR) is 124 cm³/mol. The highest BCUT2D eigenvalue weighted by Gasteiger charge is 2.28. The molecule has 0 saturated carbocycles. The van der Waals surface area contributed by atoms with Gasteiger partial charge in [0.05, 0.1) is 11.4 Å². The Morgan fingerprint density at radius 3 is 2.88 bits per heavy atom. The molecular weight excluding hydrogens is 401 g/mol. The Hall–Kier alpha value is -3.60. The molecule has 158 valence electrons. The number of fused-ring (bicyclic) bond motifs is 3. The molecule has 0 amide bonds. The molecule has 5 heteroatoms. The number of pyridine rings is 2. The number of benzene rings is 1. The van der Waals surface area contributed by atoms with Gasteiger partial charge < -0.3 is 5.32 Å². The van der Waals surface area contributed by atoms with E-state index in [1.54, 1.807) is 12.4 Å². The summed E-state index contributed by atoms with van der Waals surface area (Å²) in [6, 6.07) is 5.35. The van der Waals surface area contributed by atoms with Gasteiger partial charge in [0.25, 0.3) is 0 Å². The second kappa shape index (κ2) is 7.23. The lowest BCUT2D eigenvalue weighted by atomic mass is 9.94. The Morgan fingerprint density at radius 1 is 1.09 bits per heavy atom. The van der Waals surface area contributed by atoms with Crippen LogP contribution in [-0.4, -0.2) is 22.3 Å². The Morgan fingerprint density at radius 2 is 2.00 bits per heavy atom. The van der Waals surface area contributed by atoms with E-state index in [0.717, 1.165) is 76.1 Å². The normalized spacial score (nSPS) is 17.6. The fraction of sp³-hybridized carbons (Fsp3) is 0.222. The summed E-state index contributed by atoms with van der Waals surface area (Å²) in [6.45, 7) is 2.91. The van der Waals surface area contributed by atoms with Crippen LogP contribution in [-0.2, 0) is 24.1 Å².